The zero-order valence-corrected chi connectivity index (χ0v) is 13.5. The lowest BCUT2D eigenvalue weighted by Gasteiger charge is -2.25. The zero-order chi connectivity index (χ0) is 17.8. The van der Waals surface area contributed by atoms with Crippen molar-refractivity contribution in [2.24, 2.45) is 5.73 Å². The average molecular weight is 342 g/mol. The van der Waals surface area contributed by atoms with Crippen molar-refractivity contribution < 1.29 is 14.0 Å². The van der Waals surface area contributed by atoms with Crippen molar-refractivity contribution in [2.75, 3.05) is 5.32 Å². The summed E-state index contributed by atoms with van der Waals surface area (Å²) in [6.45, 7) is 0. The zero-order valence-electron chi connectivity index (χ0n) is 13.5. The van der Waals surface area contributed by atoms with Crippen molar-refractivity contribution in [2.45, 2.75) is 31.3 Å². The fourth-order valence-electron chi connectivity index (χ4n) is 2.87. The smallest absolute Gasteiger partial charge is 0.247 e. The average Bonchev–Trinajstić information content (AvgIpc) is 2.57. The highest BCUT2D eigenvalue weighted by Gasteiger charge is 2.27. The van der Waals surface area contributed by atoms with Crippen LogP contribution in [0.25, 0.3) is 0 Å². The Hall–Kier alpha value is -2.80. The van der Waals surface area contributed by atoms with Crippen LogP contribution in [0.1, 0.15) is 17.5 Å². The third-order valence-corrected chi connectivity index (χ3v) is 4.12. The van der Waals surface area contributed by atoms with Crippen molar-refractivity contribution in [3.8, 4) is 0 Å². The summed E-state index contributed by atoms with van der Waals surface area (Å²) in [5.74, 6) is -0.944. The lowest BCUT2D eigenvalue weighted by Crippen LogP contribution is -2.48. The minimum absolute atomic E-state index is 0.0119. The van der Waals surface area contributed by atoms with E-state index in [2.05, 4.69) is 15.6 Å². The van der Waals surface area contributed by atoms with E-state index in [1.165, 1.54) is 6.07 Å². The first-order valence-electron chi connectivity index (χ1n) is 8.05. The Morgan fingerprint density at radius 1 is 1.40 bits per heavy atom. The Kier molecular flexibility index (Phi) is 5.04. The minimum Gasteiger partial charge on any atom is -0.344 e. The summed E-state index contributed by atoms with van der Waals surface area (Å²) in [5, 5.41) is 5.43. The van der Waals surface area contributed by atoms with Crippen LogP contribution in [0.15, 0.2) is 42.7 Å². The van der Waals surface area contributed by atoms with E-state index >= 15 is 0 Å². The van der Waals surface area contributed by atoms with Crippen LogP contribution < -0.4 is 16.4 Å². The van der Waals surface area contributed by atoms with E-state index in [4.69, 9.17) is 5.73 Å². The van der Waals surface area contributed by atoms with Gasteiger partial charge < -0.3 is 16.4 Å². The fraction of sp³-hybridized carbons (Fsp3) is 0.278. The van der Waals surface area contributed by atoms with Crippen molar-refractivity contribution in [1.82, 2.24) is 10.3 Å². The molecule has 2 heterocycles. The molecular weight excluding hydrogens is 323 g/mol. The molecule has 25 heavy (non-hydrogen) atoms. The molecule has 0 radical (unpaired) electrons. The van der Waals surface area contributed by atoms with Crippen molar-refractivity contribution >= 4 is 17.5 Å². The summed E-state index contributed by atoms with van der Waals surface area (Å²) in [4.78, 5) is 28.3. The SMILES string of the molecule is NC(CC(=O)NC1Cc2cnccc2NC1=O)Cc1ccccc1F. The maximum atomic E-state index is 13.6. The van der Waals surface area contributed by atoms with Gasteiger partial charge >= 0.3 is 0 Å². The Bertz CT molecular complexity index is 796. The van der Waals surface area contributed by atoms with E-state index in [1.54, 1.807) is 36.7 Å². The molecule has 0 fully saturated rings. The van der Waals surface area contributed by atoms with Gasteiger partial charge in [0.15, 0.2) is 0 Å². The number of rotatable bonds is 5. The van der Waals surface area contributed by atoms with Gasteiger partial charge in [-0.1, -0.05) is 18.2 Å². The number of hydrogen-bond acceptors (Lipinski definition) is 4. The van der Waals surface area contributed by atoms with Crippen LogP contribution >= 0.6 is 0 Å². The highest BCUT2D eigenvalue weighted by atomic mass is 19.1. The summed E-state index contributed by atoms with van der Waals surface area (Å²) in [6.07, 6.45) is 3.91. The van der Waals surface area contributed by atoms with Gasteiger partial charge in [-0.2, -0.15) is 0 Å². The second-order valence-electron chi connectivity index (χ2n) is 6.11. The quantitative estimate of drug-likeness (QED) is 0.759. The number of nitrogens with two attached hydrogens (primary N) is 1. The molecular formula is C18H19FN4O2. The topological polar surface area (TPSA) is 97.1 Å². The Labute approximate surface area is 144 Å². The van der Waals surface area contributed by atoms with E-state index < -0.39 is 12.1 Å². The molecule has 1 aromatic carbocycles. The molecule has 2 atom stereocenters. The molecule has 0 saturated carbocycles. The molecule has 3 rings (SSSR count). The Morgan fingerprint density at radius 2 is 2.20 bits per heavy atom. The van der Waals surface area contributed by atoms with Gasteiger partial charge in [-0.3, -0.25) is 14.6 Å². The number of carbonyl (C=O) groups is 2. The third-order valence-electron chi connectivity index (χ3n) is 4.12. The molecule has 0 saturated heterocycles. The highest BCUT2D eigenvalue weighted by Crippen LogP contribution is 2.21. The van der Waals surface area contributed by atoms with E-state index in [9.17, 15) is 14.0 Å². The molecule has 1 aromatic heterocycles. The van der Waals surface area contributed by atoms with Gasteiger partial charge in [-0.05, 0) is 29.7 Å². The second kappa shape index (κ2) is 7.40. The molecule has 1 aliphatic rings. The molecule has 4 N–H and O–H groups in total. The first-order valence-corrected chi connectivity index (χ1v) is 8.05. The molecule has 0 aliphatic carbocycles. The number of carbonyl (C=O) groups excluding carboxylic acids is 2. The summed E-state index contributed by atoms with van der Waals surface area (Å²) >= 11 is 0. The number of aromatic nitrogens is 1. The number of nitrogens with one attached hydrogen (secondary N) is 2. The molecule has 130 valence electrons. The van der Waals surface area contributed by atoms with Gasteiger partial charge in [-0.15, -0.1) is 0 Å². The number of benzene rings is 1. The van der Waals surface area contributed by atoms with E-state index in [1.807, 2.05) is 0 Å². The minimum atomic E-state index is -0.662. The number of amides is 2. The molecule has 0 spiro atoms. The number of anilines is 1. The molecule has 2 amide bonds. The van der Waals surface area contributed by atoms with Crippen LogP contribution in [-0.2, 0) is 22.4 Å². The van der Waals surface area contributed by atoms with E-state index in [0.29, 0.717) is 17.7 Å². The summed E-state index contributed by atoms with van der Waals surface area (Å²) in [5.41, 5.74) is 8.00. The van der Waals surface area contributed by atoms with Gasteiger partial charge in [-0.25, -0.2) is 4.39 Å². The van der Waals surface area contributed by atoms with Crippen LogP contribution in [0.3, 0.4) is 0 Å². The van der Waals surface area contributed by atoms with E-state index in [0.717, 1.165) is 5.56 Å². The van der Waals surface area contributed by atoms with Gasteiger partial charge in [0, 0.05) is 37.0 Å². The van der Waals surface area contributed by atoms with Crippen LogP contribution in [0.5, 0.6) is 0 Å². The molecule has 6 nitrogen and oxygen atoms in total. The van der Waals surface area contributed by atoms with Crippen molar-refractivity contribution in [3.63, 3.8) is 0 Å². The summed E-state index contributed by atoms with van der Waals surface area (Å²) < 4.78 is 13.6. The number of hydrogen-bond donors (Lipinski definition) is 3. The standard InChI is InChI=1S/C18H19FN4O2/c19-14-4-2-1-3-11(14)7-13(20)9-17(24)22-16-8-12-10-21-6-5-15(12)23-18(16)25/h1-6,10,13,16H,7-9,20H2,(H,22,24)(H,23,25). The monoisotopic (exact) mass is 342 g/mol. The van der Waals surface area contributed by atoms with Gasteiger partial charge in [0.1, 0.15) is 11.9 Å². The molecule has 0 bridgehead atoms. The predicted octanol–water partition coefficient (Wildman–Crippen LogP) is 1.16. The lowest BCUT2D eigenvalue weighted by atomic mass is 10.00. The van der Waals surface area contributed by atoms with Crippen molar-refractivity contribution in [3.05, 3.63) is 59.7 Å². The van der Waals surface area contributed by atoms with Crippen LogP contribution in [0.4, 0.5) is 10.1 Å². The highest BCUT2D eigenvalue weighted by molar-refractivity contribution is 5.99. The predicted molar refractivity (Wildman–Crippen MR) is 91.2 cm³/mol. The van der Waals surface area contributed by atoms with Crippen LogP contribution in [0, 0.1) is 5.82 Å². The third kappa shape index (κ3) is 4.19. The van der Waals surface area contributed by atoms with Gasteiger partial charge in [0.05, 0.1) is 0 Å². The Balaban J connectivity index is 1.56. The molecule has 2 aromatic rings. The Morgan fingerprint density at radius 3 is 3.00 bits per heavy atom. The maximum absolute atomic E-state index is 13.6. The van der Waals surface area contributed by atoms with Gasteiger partial charge in [0.25, 0.3) is 0 Å². The molecule has 1 aliphatic heterocycles. The second-order valence-corrected chi connectivity index (χ2v) is 6.11. The van der Waals surface area contributed by atoms with E-state index in [-0.39, 0.29) is 30.5 Å². The van der Waals surface area contributed by atoms with Crippen LogP contribution in [-0.4, -0.2) is 28.9 Å². The number of pyridine rings is 1. The fourth-order valence-corrected chi connectivity index (χ4v) is 2.87. The first kappa shape index (κ1) is 17.0. The van der Waals surface area contributed by atoms with Gasteiger partial charge in [0.2, 0.25) is 11.8 Å². The number of halogens is 1. The molecule has 2 unspecified atom stereocenters. The van der Waals surface area contributed by atoms with Crippen LogP contribution in [0.2, 0.25) is 0 Å². The number of nitrogens with zero attached hydrogens (tertiary/aromatic N) is 1. The number of fused-ring (bicyclic) bond motifs is 1. The summed E-state index contributed by atoms with van der Waals surface area (Å²) in [7, 11) is 0. The molecule has 7 heteroatoms. The summed E-state index contributed by atoms with van der Waals surface area (Å²) in [6, 6.07) is 6.86. The first-order chi connectivity index (χ1) is 12.0. The normalized spacial score (nSPS) is 17.4. The largest absolute Gasteiger partial charge is 0.344 e. The maximum Gasteiger partial charge on any atom is 0.247 e. The lowest BCUT2D eigenvalue weighted by molar-refractivity contribution is -0.126. The van der Waals surface area contributed by atoms with Crippen molar-refractivity contribution in [1.29, 1.82) is 0 Å².